The molecule has 2 rings (SSSR count). The van der Waals surface area contributed by atoms with Crippen molar-refractivity contribution in [1.82, 2.24) is 5.32 Å². The van der Waals surface area contributed by atoms with Crippen LogP contribution in [-0.2, 0) is 4.79 Å². The Labute approximate surface area is 105 Å². The molecule has 0 spiro atoms. The molecule has 86 valence electrons. The SMILES string of the molecule is CC(=O)NC(=S)Nc1cccc2ccccc12. The van der Waals surface area contributed by atoms with Crippen LogP contribution in [0.15, 0.2) is 42.5 Å². The summed E-state index contributed by atoms with van der Waals surface area (Å²) in [6.45, 7) is 1.43. The molecule has 0 aliphatic rings. The van der Waals surface area contributed by atoms with Crippen molar-refractivity contribution >= 4 is 39.7 Å². The standard InChI is InChI=1S/C13H12N2OS/c1-9(16)14-13(17)15-12-8-4-6-10-5-2-3-7-11(10)12/h2-8H,1H3,(H2,14,15,16,17). The van der Waals surface area contributed by atoms with Gasteiger partial charge in [0.15, 0.2) is 5.11 Å². The number of fused-ring (bicyclic) bond motifs is 1. The number of rotatable bonds is 1. The summed E-state index contributed by atoms with van der Waals surface area (Å²) in [6, 6.07) is 13.9. The highest BCUT2D eigenvalue weighted by Crippen LogP contribution is 2.22. The van der Waals surface area contributed by atoms with Gasteiger partial charge in [0.05, 0.1) is 0 Å². The van der Waals surface area contributed by atoms with Crippen LogP contribution in [0.5, 0.6) is 0 Å². The first-order valence-electron chi connectivity index (χ1n) is 5.23. The first-order chi connectivity index (χ1) is 8.16. The Bertz CT molecular complexity index is 575. The molecule has 0 saturated carbocycles. The zero-order valence-corrected chi connectivity index (χ0v) is 10.2. The summed E-state index contributed by atoms with van der Waals surface area (Å²) in [5, 5.41) is 8.07. The Kier molecular flexibility index (Phi) is 3.35. The summed E-state index contributed by atoms with van der Waals surface area (Å²) >= 11 is 5.03. The first-order valence-corrected chi connectivity index (χ1v) is 5.64. The van der Waals surface area contributed by atoms with Crippen molar-refractivity contribution in [2.75, 3.05) is 5.32 Å². The van der Waals surface area contributed by atoms with Gasteiger partial charge in [0.1, 0.15) is 0 Å². The summed E-state index contributed by atoms with van der Waals surface area (Å²) in [7, 11) is 0. The van der Waals surface area contributed by atoms with E-state index in [4.69, 9.17) is 12.2 Å². The zero-order chi connectivity index (χ0) is 12.3. The minimum absolute atomic E-state index is 0.178. The lowest BCUT2D eigenvalue weighted by Crippen LogP contribution is -2.32. The van der Waals surface area contributed by atoms with Crippen LogP contribution in [0.4, 0.5) is 5.69 Å². The van der Waals surface area contributed by atoms with Gasteiger partial charge in [-0.25, -0.2) is 0 Å². The molecule has 0 radical (unpaired) electrons. The van der Waals surface area contributed by atoms with Crippen molar-refractivity contribution in [3.8, 4) is 0 Å². The summed E-state index contributed by atoms with van der Waals surface area (Å²) < 4.78 is 0. The Morgan fingerprint density at radius 1 is 1.12 bits per heavy atom. The van der Waals surface area contributed by atoms with Crippen LogP contribution in [0.3, 0.4) is 0 Å². The van der Waals surface area contributed by atoms with E-state index in [-0.39, 0.29) is 5.91 Å². The van der Waals surface area contributed by atoms with Gasteiger partial charge in [-0.3, -0.25) is 4.79 Å². The van der Waals surface area contributed by atoms with Crippen LogP contribution in [-0.4, -0.2) is 11.0 Å². The summed E-state index contributed by atoms with van der Waals surface area (Å²) in [5.74, 6) is -0.178. The zero-order valence-electron chi connectivity index (χ0n) is 9.36. The fourth-order valence-corrected chi connectivity index (χ4v) is 1.90. The van der Waals surface area contributed by atoms with Gasteiger partial charge in [-0.1, -0.05) is 36.4 Å². The smallest absolute Gasteiger partial charge is 0.222 e. The molecule has 0 aliphatic heterocycles. The van der Waals surface area contributed by atoms with Gasteiger partial charge in [-0.05, 0) is 23.7 Å². The number of amides is 1. The Morgan fingerprint density at radius 2 is 1.82 bits per heavy atom. The minimum Gasteiger partial charge on any atom is -0.332 e. The molecule has 2 aromatic carbocycles. The Balaban J connectivity index is 2.30. The number of hydrogen-bond acceptors (Lipinski definition) is 2. The maximum Gasteiger partial charge on any atom is 0.222 e. The second-order valence-corrected chi connectivity index (χ2v) is 4.07. The summed E-state index contributed by atoms with van der Waals surface area (Å²) in [4.78, 5) is 10.9. The highest BCUT2D eigenvalue weighted by Gasteiger charge is 2.03. The van der Waals surface area contributed by atoms with Crippen molar-refractivity contribution in [3.05, 3.63) is 42.5 Å². The van der Waals surface area contributed by atoms with Crippen LogP contribution >= 0.6 is 12.2 Å². The maximum absolute atomic E-state index is 10.9. The van der Waals surface area contributed by atoms with Gasteiger partial charge in [0.2, 0.25) is 5.91 Å². The van der Waals surface area contributed by atoms with E-state index in [0.29, 0.717) is 5.11 Å². The summed E-state index contributed by atoms with van der Waals surface area (Å²) in [6.07, 6.45) is 0. The van der Waals surface area contributed by atoms with Crippen LogP contribution < -0.4 is 10.6 Å². The van der Waals surface area contributed by atoms with Gasteiger partial charge in [0, 0.05) is 18.0 Å². The number of carbonyl (C=O) groups is 1. The lowest BCUT2D eigenvalue weighted by Gasteiger charge is -2.10. The fraction of sp³-hybridized carbons (Fsp3) is 0.0769. The number of carbonyl (C=O) groups excluding carboxylic acids is 1. The number of anilines is 1. The third-order valence-corrected chi connectivity index (χ3v) is 2.53. The highest BCUT2D eigenvalue weighted by atomic mass is 32.1. The van der Waals surface area contributed by atoms with E-state index in [9.17, 15) is 4.79 Å². The fourth-order valence-electron chi connectivity index (χ4n) is 1.65. The molecule has 0 aromatic heterocycles. The average molecular weight is 244 g/mol. The Morgan fingerprint density at radius 3 is 2.59 bits per heavy atom. The summed E-state index contributed by atoms with van der Waals surface area (Å²) in [5.41, 5.74) is 0.891. The van der Waals surface area contributed by atoms with Crippen molar-refractivity contribution in [2.24, 2.45) is 0 Å². The predicted octanol–water partition coefficient (Wildman–Crippen LogP) is 2.67. The number of thiocarbonyl (C=S) groups is 1. The van der Waals surface area contributed by atoms with Gasteiger partial charge in [-0.2, -0.15) is 0 Å². The molecule has 0 atom stereocenters. The molecule has 0 heterocycles. The van der Waals surface area contributed by atoms with E-state index in [1.165, 1.54) is 6.92 Å². The van der Waals surface area contributed by atoms with Crippen LogP contribution in [0.25, 0.3) is 10.8 Å². The van der Waals surface area contributed by atoms with Crippen molar-refractivity contribution in [2.45, 2.75) is 6.92 Å². The highest BCUT2D eigenvalue weighted by molar-refractivity contribution is 7.80. The number of benzene rings is 2. The van der Waals surface area contributed by atoms with Gasteiger partial charge < -0.3 is 10.6 Å². The van der Waals surface area contributed by atoms with Crippen molar-refractivity contribution in [3.63, 3.8) is 0 Å². The normalized spacial score (nSPS) is 9.94. The second kappa shape index (κ2) is 4.93. The van der Waals surface area contributed by atoms with Gasteiger partial charge in [0.25, 0.3) is 0 Å². The van der Waals surface area contributed by atoms with E-state index in [1.807, 2.05) is 42.5 Å². The molecule has 0 fully saturated rings. The van der Waals surface area contributed by atoms with Crippen LogP contribution in [0, 0.1) is 0 Å². The molecule has 17 heavy (non-hydrogen) atoms. The molecule has 2 N–H and O–H groups in total. The van der Waals surface area contributed by atoms with Crippen molar-refractivity contribution in [1.29, 1.82) is 0 Å². The lowest BCUT2D eigenvalue weighted by molar-refractivity contribution is -0.117. The van der Waals surface area contributed by atoms with E-state index in [0.717, 1.165) is 16.5 Å². The third-order valence-electron chi connectivity index (χ3n) is 2.33. The second-order valence-electron chi connectivity index (χ2n) is 3.66. The minimum atomic E-state index is -0.178. The quantitative estimate of drug-likeness (QED) is 0.758. The molecular weight excluding hydrogens is 232 g/mol. The van der Waals surface area contributed by atoms with E-state index in [1.54, 1.807) is 0 Å². The van der Waals surface area contributed by atoms with Gasteiger partial charge in [-0.15, -0.1) is 0 Å². The van der Waals surface area contributed by atoms with E-state index in [2.05, 4.69) is 10.6 Å². The van der Waals surface area contributed by atoms with E-state index < -0.39 is 0 Å². The number of nitrogens with one attached hydrogen (secondary N) is 2. The number of hydrogen-bond donors (Lipinski definition) is 2. The molecule has 4 heteroatoms. The molecule has 0 unspecified atom stereocenters. The van der Waals surface area contributed by atoms with Crippen LogP contribution in [0.2, 0.25) is 0 Å². The Hall–Kier alpha value is -1.94. The molecule has 0 bridgehead atoms. The topological polar surface area (TPSA) is 41.1 Å². The first kappa shape index (κ1) is 11.5. The maximum atomic E-state index is 10.9. The largest absolute Gasteiger partial charge is 0.332 e. The predicted molar refractivity (Wildman–Crippen MR) is 74.0 cm³/mol. The van der Waals surface area contributed by atoms with Crippen LogP contribution in [0.1, 0.15) is 6.92 Å². The van der Waals surface area contributed by atoms with E-state index >= 15 is 0 Å². The molecule has 1 amide bonds. The monoisotopic (exact) mass is 244 g/mol. The third kappa shape index (κ3) is 2.79. The molecule has 0 aliphatic carbocycles. The average Bonchev–Trinajstić information content (AvgIpc) is 2.28. The van der Waals surface area contributed by atoms with Gasteiger partial charge >= 0.3 is 0 Å². The molecule has 2 aromatic rings. The molecular formula is C13H12N2OS. The molecule has 0 saturated heterocycles. The van der Waals surface area contributed by atoms with Crippen molar-refractivity contribution < 1.29 is 4.79 Å². The molecule has 3 nitrogen and oxygen atoms in total. The lowest BCUT2D eigenvalue weighted by atomic mass is 10.1.